The molecule has 5 heteroatoms. The Morgan fingerprint density at radius 1 is 1.50 bits per heavy atom. The lowest BCUT2D eigenvalue weighted by Crippen LogP contribution is -2.14. The predicted molar refractivity (Wildman–Crippen MR) is 33.9 cm³/mol. The highest BCUT2D eigenvalue weighted by Crippen LogP contribution is 1.85. The molecule has 0 heterocycles. The van der Waals surface area contributed by atoms with Crippen molar-refractivity contribution in [3.8, 4) is 0 Å². The average Bonchev–Trinajstić information content (AvgIpc) is 1.84. The van der Waals surface area contributed by atoms with Crippen molar-refractivity contribution in [3.05, 3.63) is 0 Å². The van der Waals surface area contributed by atoms with Crippen molar-refractivity contribution in [2.45, 2.75) is 0 Å². The van der Waals surface area contributed by atoms with Crippen LogP contribution in [-0.2, 0) is 13.8 Å². The number of Topliss-reactive ketones (excluding diaryl/α,β-unsaturated/α-hetero) is 1. The van der Waals surface area contributed by atoms with Crippen molar-refractivity contribution in [2.75, 3.05) is 5.75 Å². The molecule has 0 spiro atoms. The summed E-state index contributed by atoms with van der Waals surface area (Å²) < 4.78 is 3.76. The summed E-state index contributed by atoms with van der Waals surface area (Å²) >= 11 is 6.63. The molecule has 0 aromatic heterocycles. The van der Waals surface area contributed by atoms with E-state index < -0.39 is 11.8 Å². The molecular weight excluding hydrogens is 148 g/mol. The van der Waals surface area contributed by atoms with E-state index in [1.165, 1.54) is 0 Å². The van der Waals surface area contributed by atoms with Gasteiger partial charge in [0.2, 0.25) is 0 Å². The fourth-order valence-corrected chi connectivity index (χ4v) is 0.346. The average molecular weight is 152 g/mol. The monoisotopic (exact) mass is 152 g/mol. The molecule has 0 saturated heterocycles. The predicted octanol–water partition coefficient (Wildman–Crippen LogP) is -0.127. The van der Waals surface area contributed by atoms with Crippen LogP contribution in [0.5, 0.6) is 0 Å². The Morgan fingerprint density at radius 3 is 2.12 bits per heavy atom. The summed E-state index contributed by atoms with van der Waals surface area (Å²) in [4.78, 5) is 20.2. The van der Waals surface area contributed by atoms with Crippen LogP contribution in [0.25, 0.3) is 0 Å². The highest BCUT2D eigenvalue weighted by molar-refractivity contribution is 7.81. The maximum atomic E-state index is 10.1. The molecule has 0 aromatic rings. The Balaban J connectivity index is 3.64. The lowest BCUT2D eigenvalue weighted by atomic mass is 10.5. The molecule has 0 bridgehead atoms. The van der Waals surface area contributed by atoms with Gasteiger partial charge in [-0.25, -0.2) is 4.79 Å². The zero-order valence-electron chi connectivity index (χ0n) is 3.83. The Morgan fingerprint density at radius 2 is 2.00 bits per heavy atom. The van der Waals surface area contributed by atoms with Gasteiger partial charge in [0.1, 0.15) is 0 Å². The number of carbonyl (C=O) groups is 2. The summed E-state index contributed by atoms with van der Waals surface area (Å²) in [5, 5.41) is 0. The molecule has 0 atom stereocenters. The largest absolute Gasteiger partial charge is 0.389 e. The highest BCUT2D eigenvalue weighted by atomic mass is 32.1. The van der Waals surface area contributed by atoms with Crippen LogP contribution < -0.4 is 0 Å². The van der Waals surface area contributed by atoms with Gasteiger partial charge in [-0.3, -0.25) is 4.79 Å². The van der Waals surface area contributed by atoms with Gasteiger partial charge < -0.3 is 4.18 Å². The van der Waals surface area contributed by atoms with Crippen LogP contribution in [0.3, 0.4) is 0 Å². The van der Waals surface area contributed by atoms with Crippen LogP contribution in [0.4, 0.5) is 0 Å². The molecule has 8 heavy (non-hydrogen) atoms. The summed E-state index contributed by atoms with van der Waals surface area (Å²) in [5.74, 6) is -1.80. The zero-order chi connectivity index (χ0) is 6.57. The highest BCUT2D eigenvalue weighted by Gasteiger charge is 2.10. The first kappa shape index (κ1) is 7.84. The third-order valence-electron chi connectivity index (χ3n) is 0.454. The Hall–Kier alpha value is -0.160. The fraction of sp³-hybridized carbons (Fsp3) is 0.333. The van der Waals surface area contributed by atoms with E-state index in [9.17, 15) is 9.59 Å². The van der Waals surface area contributed by atoms with E-state index in [1.54, 1.807) is 0 Å². The standard InChI is InChI=1S/C3H4O3S2/c4-2(1-7)3(5)6-8/h7-8H,1H2. The van der Waals surface area contributed by atoms with Gasteiger partial charge in [-0.15, -0.1) is 0 Å². The van der Waals surface area contributed by atoms with Crippen LogP contribution in [0.2, 0.25) is 0 Å². The smallest absolute Gasteiger partial charge is 0.387 e. The van der Waals surface area contributed by atoms with Gasteiger partial charge in [-0.05, 0) is 0 Å². The van der Waals surface area contributed by atoms with Crippen LogP contribution in [0.1, 0.15) is 0 Å². The van der Waals surface area contributed by atoms with Crippen molar-refractivity contribution in [1.29, 1.82) is 0 Å². The SMILES string of the molecule is O=C(CS)C(=O)OS. The summed E-state index contributed by atoms with van der Waals surface area (Å²) in [6.45, 7) is 0. The van der Waals surface area contributed by atoms with Crippen LogP contribution in [0.15, 0.2) is 0 Å². The van der Waals surface area contributed by atoms with Gasteiger partial charge in [0.25, 0.3) is 5.78 Å². The lowest BCUT2D eigenvalue weighted by molar-refractivity contribution is -0.144. The molecule has 0 unspecified atom stereocenters. The first-order valence-electron chi connectivity index (χ1n) is 1.71. The maximum absolute atomic E-state index is 10.1. The molecule has 46 valence electrons. The zero-order valence-corrected chi connectivity index (χ0v) is 5.62. The van der Waals surface area contributed by atoms with E-state index in [1.807, 2.05) is 0 Å². The third-order valence-corrected chi connectivity index (χ3v) is 0.907. The number of ketones is 1. The van der Waals surface area contributed by atoms with E-state index in [0.717, 1.165) is 0 Å². The minimum Gasteiger partial charge on any atom is -0.389 e. The first-order valence-corrected chi connectivity index (χ1v) is 2.71. The van der Waals surface area contributed by atoms with Crippen molar-refractivity contribution < 1.29 is 13.8 Å². The third kappa shape index (κ3) is 2.23. The molecule has 0 saturated carbocycles. The molecule has 0 radical (unpaired) electrons. The quantitative estimate of drug-likeness (QED) is 0.329. The topological polar surface area (TPSA) is 43.4 Å². The summed E-state index contributed by atoms with van der Waals surface area (Å²) in [6.07, 6.45) is 0. The van der Waals surface area contributed by atoms with Crippen molar-refractivity contribution >= 4 is 37.3 Å². The molecule has 0 amide bonds. The van der Waals surface area contributed by atoms with Crippen LogP contribution in [-0.4, -0.2) is 17.5 Å². The van der Waals surface area contributed by atoms with Crippen molar-refractivity contribution in [2.24, 2.45) is 0 Å². The number of carbonyl (C=O) groups excluding carboxylic acids is 2. The molecule has 0 N–H and O–H groups in total. The van der Waals surface area contributed by atoms with E-state index >= 15 is 0 Å². The molecule has 0 aliphatic carbocycles. The molecule has 0 aliphatic rings. The second kappa shape index (κ2) is 3.80. The number of rotatable bonds is 2. The summed E-state index contributed by atoms with van der Waals surface area (Å²) in [5.41, 5.74) is 0. The lowest BCUT2D eigenvalue weighted by Gasteiger charge is -1.88. The van der Waals surface area contributed by atoms with Gasteiger partial charge in [0, 0.05) is 12.9 Å². The Bertz CT molecular complexity index is 97.1. The number of hydrogen-bond donors (Lipinski definition) is 2. The van der Waals surface area contributed by atoms with E-state index in [0.29, 0.717) is 0 Å². The van der Waals surface area contributed by atoms with Crippen LogP contribution in [0, 0.1) is 0 Å². The van der Waals surface area contributed by atoms with Gasteiger partial charge in [0.15, 0.2) is 0 Å². The summed E-state index contributed by atoms with van der Waals surface area (Å²) in [7, 11) is 0. The van der Waals surface area contributed by atoms with Crippen molar-refractivity contribution in [3.63, 3.8) is 0 Å². The van der Waals surface area contributed by atoms with E-state index in [2.05, 4.69) is 29.7 Å². The molecular formula is C3H4O3S2. The van der Waals surface area contributed by atoms with Gasteiger partial charge >= 0.3 is 5.97 Å². The van der Waals surface area contributed by atoms with E-state index in [-0.39, 0.29) is 5.75 Å². The van der Waals surface area contributed by atoms with Crippen LogP contribution >= 0.6 is 25.5 Å². The summed E-state index contributed by atoms with van der Waals surface area (Å²) in [6, 6.07) is 0. The molecule has 3 nitrogen and oxygen atoms in total. The Labute approximate surface area is 57.4 Å². The molecule has 0 fully saturated rings. The number of hydrogen-bond acceptors (Lipinski definition) is 5. The minimum atomic E-state index is -0.969. The van der Waals surface area contributed by atoms with E-state index in [4.69, 9.17) is 0 Å². The van der Waals surface area contributed by atoms with Crippen molar-refractivity contribution in [1.82, 2.24) is 0 Å². The first-order chi connectivity index (χ1) is 3.72. The molecule has 0 aliphatic heterocycles. The number of thiol groups is 2. The second-order valence-corrected chi connectivity index (χ2v) is 1.46. The van der Waals surface area contributed by atoms with Gasteiger partial charge in [-0.1, -0.05) is 0 Å². The normalized spacial score (nSPS) is 8.25. The molecule has 0 aromatic carbocycles. The molecule has 0 rings (SSSR count). The Kier molecular flexibility index (Phi) is 3.72. The van der Waals surface area contributed by atoms with Gasteiger partial charge in [0.05, 0.1) is 5.75 Å². The van der Waals surface area contributed by atoms with Gasteiger partial charge in [-0.2, -0.15) is 12.6 Å². The minimum absolute atomic E-state index is 0.139. The fourth-order valence-electron chi connectivity index (χ4n) is 0.115. The maximum Gasteiger partial charge on any atom is 0.387 e. The second-order valence-electron chi connectivity index (χ2n) is 0.960.